The number of nitrogens with one attached hydrogen (secondary N) is 2. The summed E-state index contributed by atoms with van der Waals surface area (Å²) in [4.78, 5) is 24.6. The number of nitrogens with zero attached hydrogens (tertiary/aromatic N) is 5. The Morgan fingerprint density at radius 1 is 1.13 bits per heavy atom. The molecule has 0 saturated carbocycles. The zero-order valence-corrected chi connectivity index (χ0v) is 16.9. The van der Waals surface area contributed by atoms with Crippen LogP contribution in [0.25, 0.3) is 11.1 Å². The molecule has 1 aromatic carbocycles. The number of carbonyl (C=O) groups excluding carboxylic acids is 1. The van der Waals surface area contributed by atoms with Gasteiger partial charge in [-0.15, -0.1) is 0 Å². The van der Waals surface area contributed by atoms with Crippen molar-refractivity contribution in [2.75, 3.05) is 17.7 Å². The maximum atomic E-state index is 12.0. The largest absolute Gasteiger partial charge is 0.494 e. The highest BCUT2D eigenvalue weighted by Crippen LogP contribution is 2.37. The molecule has 3 aromatic heterocycles. The monoisotopic (exact) mass is 416 g/mol. The van der Waals surface area contributed by atoms with Gasteiger partial charge in [0.15, 0.2) is 0 Å². The first-order valence-electron chi connectivity index (χ1n) is 9.32. The molecule has 4 N–H and O–H groups in total. The van der Waals surface area contributed by atoms with E-state index < -0.39 is 5.91 Å². The van der Waals surface area contributed by atoms with Crippen LogP contribution in [0.15, 0.2) is 61.3 Å². The van der Waals surface area contributed by atoms with Gasteiger partial charge in [0.25, 0.3) is 5.91 Å². The molecule has 0 unspecified atom stereocenters. The number of nitrogens with two attached hydrogens (primary N) is 1. The van der Waals surface area contributed by atoms with Crippen LogP contribution in [0.1, 0.15) is 10.4 Å². The number of benzene rings is 1. The Labute approximate surface area is 178 Å². The van der Waals surface area contributed by atoms with Gasteiger partial charge in [0.05, 0.1) is 24.7 Å². The standard InChI is InChI=1S/C21H20N8O2/c1-29-12-14(10-25-29)26-21-24-11-16(19(22)30)20(28-21)27-17-5-3-4-15(18(17)31-2)13-6-8-23-9-7-13/h3-12H,1-2H3,(H2,22,30)(H2,24,26,27,28). The van der Waals surface area contributed by atoms with E-state index in [1.807, 2.05) is 30.3 Å². The van der Waals surface area contributed by atoms with Gasteiger partial charge in [-0.05, 0) is 23.8 Å². The van der Waals surface area contributed by atoms with Crippen LogP contribution in [0.2, 0.25) is 0 Å². The maximum Gasteiger partial charge on any atom is 0.254 e. The number of hydrogen-bond acceptors (Lipinski definition) is 8. The second kappa shape index (κ2) is 8.49. The lowest BCUT2D eigenvalue weighted by molar-refractivity contribution is 0.100. The predicted molar refractivity (Wildman–Crippen MR) is 117 cm³/mol. The smallest absolute Gasteiger partial charge is 0.254 e. The van der Waals surface area contributed by atoms with Crippen LogP contribution in [0, 0.1) is 0 Å². The van der Waals surface area contributed by atoms with Gasteiger partial charge in [-0.2, -0.15) is 10.1 Å². The lowest BCUT2D eigenvalue weighted by Gasteiger charge is -2.16. The van der Waals surface area contributed by atoms with Gasteiger partial charge < -0.3 is 21.1 Å². The number of amides is 1. The molecule has 0 aliphatic rings. The molecule has 156 valence electrons. The molecular formula is C21H20N8O2. The summed E-state index contributed by atoms with van der Waals surface area (Å²) >= 11 is 0. The summed E-state index contributed by atoms with van der Waals surface area (Å²) in [6, 6.07) is 9.41. The molecule has 4 rings (SSSR count). The lowest BCUT2D eigenvalue weighted by Crippen LogP contribution is -2.16. The summed E-state index contributed by atoms with van der Waals surface area (Å²) < 4.78 is 7.31. The summed E-state index contributed by atoms with van der Waals surface area (Å²) in [6.07, 6.45) is 8.21. The number of ether oxygens (including phenoxy) is 1. The molecule has 0 radical (unpaired) electrons. The zero-order valence-electron chi connectivity index (χ0n) is 16.9. The van der Waals surface area contributed by atoms with E-state index in [1.165, 1.54) is 6.20 Å². The van der Waals surface area contributed by atoms with Crippen molar-refractivity contribution in [3.05, 3.63) is 66.9 Å². The van der Waals surface area contributed by atoms with E-state index in [0.717, 1.165) is 11.1 Å². The molecule has 10 nitrogen and oxygen atoms in total. The van der Waals surface area contributed by atoms with Gasteiger partial charge in [0.1, 0.15) is 17.1 Å². The minimum absolute atomic E-state index is 0.146. The van der Waals surface area contributed by atoms with Crippen molar-refractivity contribution < 1.29 is 9.53 Å². The molecule has 3 heterocycles. The zero-order chi connectivity index (χ0) is 21.8. The van der Waals surface area contributed by atoms with E-state index in [2.05, 4.69) is 30.7 Å². The average molecular weight is 416 g/mol. The van der Waals surface area contributed by atoms with Crippen LogP contribution in [0.3, 0.4) is 0 Å². The van der Waals surface area contributed by atoms with E-state index in [1.54, 1.807) is 43.6 Å². The molecule has 31 heavy (non-hydrogen) atoms. The van der Waals surface area contributed by atoms with Crippen LogP contribution in [0.4, 0.5) is 23.1 Å². The van der Waals surface area contributed by atoms with Crippen molar-refractivity contribution in [2.45, 2.75) is 0 Å². The Bertz CT molecular complexity index is 1220. The highest BCUT2D eigenvalue weighted by atomic mass is 16.5. The molecule has 10 heteroatoms. The molecule has 0 fully saturated rings. The Morgan fingerprint density at radius 2 is 1.94 bits per heavy atom. The van der Waals surface area contributed by atoms with Gasteiger partial charge in [-0.25, -0.2) is 4.98 Å². The van der Waals surface area contributed by atoms with Gasteiger partial charge in [0.2, 0.25) is 5.95 Å². The quantitative estimate of drug-likeness (QED) is 0.419. The van der Waals surface area contributed by atoms with Crippen molar-refractivity contribution in [2.24, 2.45) is 12.8 Å². The Balaban J connectivity index is 1.72. The first-order chi connectivity index (χ1) is 15.0. The van der Waals surface area contributed by atoms with Gasteiger partial charge in [0, 0.05) is 37.4 Å². The normalized spacial score (nSPS) is 10.5. The topological polar surface area (TPSA) is 133 Å². The highest BCUT2D eigenvalue weighted by Gasteiger charge is 2.17. The fourth-order valence-corrected chi connectivity index (χ4v) is 3.07. The van der Waals surface area contributed by atoms with Crippen molar-refractivity contribution >= 4 is 29.0 Å². The first kappa shape index (κ1) is 19.8. The molecule has 0 aliphatic carbocycles. The van der Waals surface area contributed by atoms with E-state index in [9.17, 15) is 4.79 Å². The summed E-state index contributed by atoms with van der Waals surface area (Å²) in [6.45, 7) is 0. The fraction of sp³-hybridized carbons (Fsp3) is 0.0952. The molecule has 0 bridgehead atoms. The summed E-state index contributed by atoms with van der Waals surface area (Å²) in [5.41, 5.74) is 8.80. The second-order valence-electron chi connectivity index (χ2n) is 6.60. The number of pyridine rings is 1. The second-order valence-corrected chi connectivity index (χ2v) is 6.60. The van der Waals surface area contributed by atoms with Crippen molar-refractivity contribution in [1.29, 1.82) is 0 Å². The lowest BCUT2D eigenvalue weighted by atomic mass is 10.0. The third-order valence-electron chi connectivity index (χ3n) is 4.48. The number of primary amides is 1. The van der Waals surface area contributed by atoms with E-state index >= 15 is 0 Å². The third kappa shape index (κ3) is 4.27. The molecule has 1 amide bonds. The Hall–Kier alpha value is -4.47. The van der Waals surface area contributed by atoms with Crippen molar-refractivity contribution in [1.82, 2.24) is 24.7 Å². The summed E-state index contributed by atoms with van der Waals surface area (Å²) in [7, 11) is 3.38. The molecule has 0 spiro atoms. The predicted octanol–water partition coefficient (Wildman–Crippen LogP) is 2.87. The number of methoxy groups -OCH3 is 1. The minimum Gasteiger partial charge on any atom is -0.494 e. The van der Waals surface area contributed by atoms with Crippen LogP contribution < -0.4 is 21.1 Å². The Kier molecular flexibility index (Phi) is 5.43. The van der Waals surface area contributed by atoms with Crippen molar-refractivity contribution in [3.63, 3.8) is 0 Å². The van der Waals surface area contributed by atoms with Gasteiger partial charge in [-0.1, -0.05) is 12.1 Å². The van der Waals surface area contributed by atoms with Crippen molar-refractivity contribution in [3.8, 4) is 16.9 Å². The van der Waals surface area contributed by atoms with E-state index in [0.29, 0.717) is 17.1 Å². The maximum absolute atomic E-state index is 12.0. The van der Waals surface area contributed by atoms with Crippen LogP contribution in [-0.4, -0.2) is 37.7 Å². The SMILES string of the molecule is COc1c(Nc2nc(Nc3cnn(C)c3)ncc2C(N)=O)cccc1-c1ccncc1. The molecule has 0 aliphatic heterocycles. The summed E-state index contributed by atoms with van der Waals surface area (Å²) in [5.74, 6) is 0.466. The number of carbonyl (C=O) groups is 1. The summed E-state index contributed by atoms with van der Waals surface area (Å²) in [5, 5.41) is 10.3. The highest BCUT2D eigenvalue weighted by molar-refractivity contribution is 5.98. The Morgan fingerprint density at radius 3 is 2.61 bits per heavy atom. The molecule has 4 aromatic rings. The number of aromatic nitrogens is 5. The van der Waals surface area contributed by atoms with Crippen LogP contribution in [-0.2, 0) is 7.05 Å². The van der Waals surface area contributed by atoms with Gasteiger partial charge in [-0.3, -0.25) is 14.5 Å². The first-order valence-corrected chi connectivity index (χ1v) is 9.32. The van der Waals surface area contributed by atoms with Crippen LogP contribution in [0.5, 0.6) is 5.75 Å². The minimum atomic E-state index is -0.653. The fourth-order valence-electron chi connectivity index (χ4n) is 3.07. The van der Waals surface area contributed by atoms with E-state index in [-0.39, 0.29) is 17.3 Å². The number of para-hydroxylation sites is 1. The van der Waals surface area contributed by atoms with Gasteiger partial charge >= 0.3 is 0 Å². The third-order valence-corrected chi connectivity index (χ3v) is 4.48. The van der Waals surface area contributed by atoms with Crippen LogP contribution >= 0.6 is 0 Å². The molecule has 0 saturated heterocycles. The molecular weight excluding hydrogens is 396 g/mol. The average Bonchev–Trinajstić information content (AvgIpc) is 3.18. The number of rotatable bonds is 7. The molecule has 0 atom stereocenters. The number of aryl methyl sites for hydroxylation is 1. The number of anilines is 4. The number of hydrogen-bond donors (Lipinski definition) is 3. The van der Waals surface area contributed by atoms with E-state index in [4.69, 9.17) is 10.5 Å².